The maximum absolute atomic E-state index is 6.21. The Hall–Kier alpha value is -2.89. The van der Waals surface area contributed by atoms with Crippen LogP contribution in [-0.2, 0) is 6.54 Å². The number of methoxy groups -OCH3 is 1. The van der Waals surface area contributed by atoms with Crippen LogP contribution in [0.5, 0.6) is 5.75 Å². The number of nitrogens with zero attached hydrogens (tertiary/aromatic N) is 4. The third-order valence-electron chi connectivity index (χ3n) is 5.99. The molecule has 31 heavy (non-hydrogen) atoms. The second-order valence-electron chi connectivity index (χ2n) is 8.09. The van der Waals surface area contributed by atoms with Crippen LogP contribution in [-0.4, -0.2) is 39.5 Å². The second kappa shape index (κ2) is 8.69. The number of halogens is 1. The molecule has 4 aromatic rings. The molecular weight excluding hydrogens is 408 g/mol. The number of imidazole rings is 1. The zero-order chi connectivity index (χ0) is 21.2. The minimum atomic E-state index is 0.426. The largest absolute Gasteiger partial charge is 0.497 e. The van der Waals surface area contributed by atoms with Gasteiger partial charge in [-0.15, -0.1) is 0 Å². The van der Waals surface area contributed by atoms with Gasteiger partial charge in [0.2, 0.25) is 0 Å². The Morgan fingerprint density at radius 1 is 1.10 bits per heavy atom. The van der Waals surface area contributed by atoms with Crippen molar-refractivity contribution >= 4 is 17.2 Å². The molecule has 4 heterocycles. The number of hydrogen-bond acceptors (Lipinski definition) is 4. The van der Waals surface area contributed by atoms with Crippen molar-refractivity contribution in [3.63, 3.8) is 0 Å². The fraction of sp³-hybridized carbons (Fsp3) is 0.280. The zero-order valence-electron chi connectivity index (χ0n) is 17.5. The van der Waals surface area contributed by atoms with Crippen LogP contribution in [0.25, 0.3) is 17.0 Å². The highest BCUT2D eigenvalue weighted by molar-refractivity contribution is 6.30. The fourth-order valence-electron chi connectivity index (χ4n) is 4.40. The molecule has 0 unspecified atom stereocenters. The van der Waals surface area contributed by atoms with Gasteiger partial charge in [0.25, 0.3) is 0 Å². The summed E-state index contributed by atoms with van der Waals surface area (Å²) in [5.74, 6) is 1.32. The normalized spacial score (nSPS) is 17.2. The highest BCUT2D eigenvalue weighted by atomic mass is 35.5. The van der Waals surface area contributed by atoms with Crippen LogP contribution >= 0.6 is 11.6 Å². The van der Waals surface area contributed by atoms with Crippen molar-refractivity contribution < 1.29 is 4.74 Å². The van der Waals surface area contributed by atoms with E-state index in [0.29, 0.717) is 10.9 Å². The van der Waals surface area contributed by atoms with Gasteiger partial charge in [-0.2, -0.15) is 0 Å². The van der Waals surface area contributed by atoms with Gasteiger partial charge in [-0.3, -0.25) is 14.3 Å². The van der Waals surface area contributed by atoms with Crippen molar-refractivity contribution in [3.05, 3.63) is 83.3 Å². The molecule has 0 spiro atoms. The first-order valence-electron chi connectivity index (χ1n) is 10.6. The molecule has 0 saturated carbocycles. The SMILES string of the molecule is COc1ccc(CN2CCC[C@@H](c3cccc(-c4cnc5ccc(Cl)cn45)n3)C2)cc1. The van der Waals surface area contributed by atoms with E-state index in [4.69, 9.17) is 21.3 Å². The van der Waals surface area contributed by atoms with Crippen LogP contribution in [0.2, 0.25) is 5.02 Å². The Morgan fingerprint density at radius 3 is 2.81 bits per heavy atom. The molecule has 158 valence electrons. The topological polar surface area (TPSA) is 42.7 Å². The number of pyridine rings is 2. The van der Waals surface area contributed by atoms with E-state index in [9.17, 15) is 0 Å². The van der Waals surface area contributed by atoms with Gasteiger partial charge >= 0.3 is 0 Å². The smallest absolute Gasteiger partial charge is 0.137 e. The average Bonchev–Trinajstić information content (AvgIpc) is 3.23. The third-order valence-corrected chi connectivity index (χ3v) is 6.22. The fourth-order valence-corrected chi connectivity index (χ4v) is 4.56. The van der Waals surface area contributed by atoms with E-state index in [0.717, 1.165) is 54.5 Å². The van der Waals surface area contributed by atoms with Gasteiger partial charge in [0.05, 0.1) is 29.7 Å². The average molecular weight is 433 g/mol. The minimum absolute atomic E-state index is 0.426. The molecule has 3 aromatic heterocycles. The lowest BCUT2D eigenvalue weighted by Gasteiger charge is -2.32. The van der Waals surface area contributed by atoms with Gasteiger partial charge in [-0.1, -0.05) is 29.8 Å². The number of likely N-dealkylation sites (tertiary alicyclic amines) is 1. The van der Waals surface area contributed by atoms with Crippen LogP contribution < -0.4 is 4.74 Å². The van der Waals surface area contributed by atoms with Gasteiger partial charge in [0.15, 0.2) is 0 Å². The summed E-state index contributed by atoms with van der Waals surface area (Å²) in [5, 5.41) is 0.685. The minimum Gasteiger partial charge on any atom is -0.497 e. The molecule has 0 bridgehead atoms. The Labute approximate surface area is 187 Å². The maximum atomic E-state index is 6.21. The van der Waals surface area contributed by atoms with Gasteiger partial charge < -0.3 is 4.74 Å². The number of rotatable bonds is 5. The van der Waals surface area contributed by atoms with E-state index < -0.39 is 0 Å². The molecule has 1 aliphatic heterocycles. The van der Waals surface area contributed by atoms with Crippen molar-refractivity contribution in [1.82, 2.24) is 19.3 Å². The number of ether oxygens (including phenoxy) is 1. The van der Waals surface area contributed by atoms with E-state index in [1.807, 2.05) is 47.1 Å². The predicted octanol–water partition coefficient (Wildman–Crippen LogP) is 5.44. The quantitative estimate of drug-likeness (QED) is 0.421. The summed E-state index contributed by atoms with van der Waals surface area (Å²) in [6.45, 7) is 3.08. The summed E-state index contributed by atoms with van der Waals surface area (Å²) < 4.78 is 7.28. The molecule has 1 aliphatic rings. The Balaban J connectivity index is 1.35. The van der Waals surface area contributed by atoms with Crippen molar-refractivity contribution in [1.29, 1.82) is 0 Å². The van der Waals surface area contributed by atoms with Crippen LogP contribution in [0, 0.1) is 0 Å². The molecule has 6 heteroatoms. The molecule has 1 saturated heterocycles. The Bertz CT molecular complexity index is 1190. The number of piperidine rings is 1. The van der Waals surface area contributed by atoms with Crippen LogP contribution in [0.4, 0.5) is 0 Å². The van der Waals surface area contributed by atoms with Crippen LogP contribution in [0.1, 0.15) is 30.0 Å². The van der Waals surface area contributed by atoms with E-state index in [2.05, 4.69) is 34.1 Å². The molecule has 1 fully saturated rings. The lowest BCUT2D eigenvalue weighted by atomic mass is 9.93. The molecule has 0 aliphatic carbocycles. The van der Waals surface area contributed by atoms with Crippen LogP contribution in [0.3, 0.4) is 0 Å². The molecule has 1 atom stereocenters. The van der Waals surface area contributed by atoms with Crippen molar-refractivity contribution in [2.45, 2.75) is 25.3 Å². The molecule has 0 N–H and O–H groups in total. The molecule has 1 aromatic carbocycles. The summed E-state index contributed by atoms with van der Waals surface area (Å²) >= 11 is 6.21. The number of benzene rings is 1. The van der Waals surface area contributed by atoms with Crippen molar-refractivity contribution in [2.24, 2.45) is 0 Å². The van der Waals surface area contributed by atoms with E-state index in [-0.39, 0.29) is 0 Å². The standard InChI is InChI=1S/C25H25ClN4O/c1-31-21-10-7-18(8-11-21)15-29-13-3-4-19(16-29)22-5-2-6-23(28-22)24-14-27-25-12-9-20(26)17-30(24)25/h2,5-12,14,17,19H,3-4,13,15-16H2,1H3/t19-/m1/s1. The van der Waals surface area contributed by atoms with Crippen molar-refractivity contribution in [2.75, 3.05) is 20.2 Å². The second-order valence-corrected chi connectivity index (χ2v) is 8.53. The first-order valence-corrected chi connectivity index (χ1v) is 11.0. The highest BCUT2D eigenvalue weighted by Gasteiger charge is 2.23. The third kappa shape index (κ3) is 4.29. The van der Waals surface area contributed by atoms with Gasteiger partial charge in [0, 0.05) is 30.9 Å². The molecule has 0 amide bonds. The summed E-state index contributed by atoms with van der Waals surface area (Å²) in [6.07, 6.45) is 6.10. The first-order chi connectivity index (χ1) is 15.2. The van der Waals surface area contributed by atoms with Crippen molar-refractivity contribution in [3.8, 4) is 17.1 Å². The lowest BCUT2D eigenvalue weighted by Crippen LogP contribution is -2.34. The summed E-state index contributed by atoms with van der Waals surface area (Å²) in [7, 11) is 1.70. The van der Waals surface area contributed by atoms with Crippen LogP contribution in [0.15, 0.2) is 67.0 Å². The first kappa shape index (κ1) is 20.0. The van der Waals surface area contributed by atoms with Gasteiger partial charge in [-0.05, 0) is 61.3 Å². The summed E-state index contributed by atoms with van der Waals surface area (Å²) in [6, 6.07) is 18.4. The number of fused-ring (bicyclic) bond motifs is 1. The lowest BCUT2D eigenvalue weighted by molar-refractivity contribution is 0.198. The maximum Gasteiger partial charge on any atom is 0.137 e. The summed E-state index contributed by atoms with van der Waals surface area (Å²) in [4.78, 5) is 12.1. The number of hydrogen-bond donors (Lipinski definition) is 0. The number of aromatic nitrogens is 3. The van der Waals surface area contributed by atoms with Gasteiger partial charge in [-0.25, -0.2) is 4.98 Å². The van der Waals surface area contributed by atoms with Gasteiger partial charge in [0.1, 0.15) is 11.4 Å². The van der Waals surface area contributed by atoms with E-state index in [1.54, 1.807) is 7.11 Å². The molecular formula is C25H25ClN4O. The van der Waals surface area contributed by atoms with E-state index in [1.165, 1.54) is 12.0 Å². The monoisotopic (exact) mass is 432 g/mol. The summed E-state index contributed by atoms with van der Waals surface area (Å²) in [5.41, 5.74) is 5.22. The van der Waals surface area contributed by atoms with E-state index >= 15 is 0 Å². The zero-order valence-corrected chi connectivity index (χ0v) is 18.3. The molecule has 5 rings (SSSR count). The molecule has 5 nitrogen and oxygen atoms in total. The molecule has 0 radical (unpaired) electrons. The highest BCUT2D eigenvalue weighted by Crippen LogP contribution is 2.29. The predicted molar refractivity (Wildman–Crippen MR) is 124 cm³/mol. The Morgan fingerprint density at radius 2 is 1.97 bits per heavy atom. The Kier molecular flexibility index (Phi) is 5.62.